The van der Waals surface area contributed by atoms with Crippen LogP contribution in [0.1, 0.15) is 42.2 Å². The summed E-state index contributed by atoms with van der Waals surface area (Å²) in [5.41, 5.74) is 8.93. The molecule has 0 spiro atoms. The zero-order valence-corrected chi connectivity index (χ0v) is 19.1. The lowest BCUT2D eigenvalue weighted by Gasteiger charge is -2.30. The van der Waals surface area contributed by atoms with Gasteiger partial charge >= 0.3 is 0 Å². The number of nitrogens with zero attached hydrogens (tertiary/aromatic N) is 2. The normalized spacial score (nSPS) is 17.2. The van der Waals surface area contributed by atoms with Crippen LogP contribution in [0.4, 0.5) is 14.5 Å². The van der Waals surface area contributed by atoms with Gasteiger partial charge in [0.05, 0.1) is 11.4 Å². The number of allylic oxidation sites excluding steroid dienone is 2. The van der Waals surface area contributed by atoms with E-state index in [1.54, 1.807) is 12.3 Å². The Hall–Kier alpha value is -3.31. The third-order valence-corrected chi connectivity index (χ3v) is 7.13. The van der Waals surface area contributed by atoms with Gasteiger partial charge in [0, 0.05) is 51.4 Å². The van der Waals surface area contributed by atoms with E-state index in [1.165, 1.54) is 34.8 Å². The molecule has 0 unspecified atom stereocenters. The Morgan fingerprint density at radius 1 is 0.971 bits per heavy atom. The summed E-state index contributed by atoms with van der Waals surface area (Å²) in [6, 6.07) is 11.8. The van der Waals surface area contributed by atoms with Gasteiger partial charge in [0.25, 0.3) is 0 Å². The van der Waals surface area contributed by atoms with Crippen LogP contribution in [-0.4, -0.2) is 31.2 Å². The van der Waals surface area contributed by atoms with Crippen LogP contribution in [0.25, 0.3) is 22.8 Å². The predicted octanol–water partition coefficient (Wildman–Crippen LogP) is 6.02. The average molecular weight is 458 g/mol. The minimum atomic E-state index is -0.818. The minimum Gasteiger partial charge on any atom is -0.367 e. The van der Waals surface area contributed by atoms with Crippen LogP contribution in [0, 0.1) is 11.6 Å². The van der Waals surface area contributed by atoms with E-state index in [2.05, 4.69) is 47.8 Å². The molecule has 0 bridgehead atoms. The van der Waals surface area contributed by atoms with E-state index in [1.807, 2.05) is 4.90 Å². The first-order valence-corrected chi connectivity index (χ1v) is 12.1. The number of aryl methyl sites for hydroxylation is 1. The second-order valence-corrected chi connectivity index (χ2v) is 9.28. The number of fused-ring (bicyclic) bond motifs is 2. The van der Waals surface area contributed by atoms with Crippen molar-refractivity contribution >= 4 is 17.3 Å². The van der Waals surface area contributed by atoms with Crippen LogP contribution in [0.15, 0.2) is 54.7 Å². The van der Waals surface area contributed by atoms with Crippen molar-refractivity contribution < 1.29 is 10.2 Å². The molecule has 1 saturated heterocycles. The number of anilines is 1. The quantitative estimate of drug-likeness (QED) is 0.521. The van der Waals surface area contributed by atoms with E-state index in [4.69, 9.17) is 4.98 Å². The number of hydrogen-bond acceptors (Lipinski definition) is 3. The van der Waals surface area contributed by atoms with E-state index in [-0.39, 0.29) is 1.43 Å². The summed E-state index contributed by atoms with van der Waals surface area (Å²) in [6.45, 7) is 2.83. The molecule has 2 aromatic carbocycles. The molecular formula is C29H29F2N3. The van der Waals surface area contributed by atoms with E-state index < -0.39 is 11.6 Å². The smallest absolute Gasteiger partial charge is 0.182 e. The van der Waals surface area contributed by atoms with Gasteiger partial charge in [0.1, 0.15) is 0 Å². The maximum absolute atomic E-state index is 14.7. The Bertz CT molecular complexity index is 1330. The van der Waals surface area contributed by atoms with Crippen LogP contribution in [0.5, 0.6) is 0 Å². The van der Waals surface area contributed by atoms with Gasteiger partial charge in [-0.2, -0.15) is 0 Å². The maximum Gasteiger partial charge on any atom is 0.182 e. The van der Waals surface area contributed by atoms with E-state index in [0.717, 1.165) is 49.2 Å². The first-order valence-electron chi connectivity index (χ1n) is 12.1. The van der Waals surface area contributed by atoms with Crippen molar-refractivity contribution in [3.63, 3.8) is 0 Å². The molecule has 6 rings (SSSR count). The first-order chi connectivity index (χ1) is 16.7. The topological polar surface area (TPSA) is 28.2 Å². The van der Waals surface area contributed by atoms with Crippen molar-refractivity contribution in [1.29, 1.82) is 0 Å². The van der Waals surface area contributed by atoms with Crippen molar-refractivity contribution in [2.75, 3.05) is 31.1 Å². The fourth-order valence-corrected chi connectivity index (χ4v) is 5.28. The van der Waals surface area contributed by atoms with Gasteiger partial charge < -0.3 is 10.2 Å². The van der Waals surface area contributed by atoms with Crippen molar-refractivity contribution in [3.05, 3.63) is 94.3 Å². The number of piperazine rings is 1. The summed E-state index contributed by atoms with van der Waals surface area (Å²) < 4.78 is 29.3. The second-order valence-electron chi connectivity index (χ2n) is 9.28. The van der Waals surface area contributed by atoms with E-state index in [0.29, 0.717) is 24.3 Å². The molecule has 2 aliphatic carbocycles. The molecule has 34 heavy (non-hydrogen) atoms. The average Bonchev–Trinajstić information content (AvgIpc) is 3.15. The standard InChI is InChI=1S/C29H27F2N3.H2/c30-26-16-22(17-28(29(26)31)34-12-10-32-11-13-34)23-15-25-24(8-9-27(25)33-18-23)21-7-6-19-4-2-1-3-5-20(19)14-21;/h2,4,6-8,14-18,32H,1,3,5,9-13H2;1H. The molecule has 1 N–H and O–H groups in total. The van der Waals surface area contributed by atoms with Crippen molar-refractivity contribution in [3.8, 4) is 11.1 Å². The highest BCUT2D eigenvalue weighted by molar-refractivity contribution is 5.86. The highest BCUT2D eigenvalue weighted by atomic mass is 19.2. The summed E-state index contributed by atoms with van der Waals surface area (Å²) in [7, 11) is 0. The van der Waals surface area contributed by atoms with Gasteiger partial charge in [0.15, 0.2) is 11.6 Å². The summed E-state index contributed by atoms with van der Waals surface area (Å²) in [5.74, 6) is -1.60. The van der Waals surface area contributed by atoms with Crippen LogP contribution in [0.3, 0.4) is 0 Å². The third kappa shape index (κ3) is 3.84. The zero-order chi connectivity index (χ0) is 23.1. The highest BCUT2D eigenvalue weighted by Crippen LogP contribution is 2.37. The van der Waals surface area contributed by atoms with Crippen LogP contribution in [-0.2, 0) is 12.8 Å². The number of benzene rings is 2. The SMILES string of the molecule is Fc1cc(-c2cnc3c(c2)C(c2ccc4c(c2)CCCC=C4)=CC3)cc(N2CCNCC2)c1F.[HH]. The molecule has 0 saturated carbocycles. The van der Waals surface area contributed by atoms with E-state index >= 15 is 0 Å². The third-order valence-electron chi connectivity index (χ3n) is 7.13. The molecule has 1 fully saturated rings. The van der Waals surface area contributed by atoms with Crippen molar-refractivity contribution in [2.24, 2.45) is 0 Å². The molecule has 3 aromatic rings. The maximum atomic E-state index is 14.7. The zero-order valence-electron chi connectivity index (χ0n) is 19.1. The van der Waals surface area contributed by atoms with Crippen LogP contribution in [0.2, 0.25) is 0 Å². The summed E-state index contributed by atoms with van der Waals surface area (Å²) >= 11 is 0. The molecule has 0 radical (unpaired) electrons. The molecule has 1 aromatic heterocycles. The minimum absolute atomic E-state index is 0. The Labute approximate surface area is 200 Å². The fraction of sp³-hybridized carbons (Fsp3) is 0.276. The lowest BCUT2D eigenvalue weighted by atomic mass is 9.94. The molecule has 0 amide bonds. The largest absolute Gasteiger partial charge is 0.367 e. The molecule has 1 aliphatic heterocycles. The number of aromatic nitrogens is 1. The summed E-state index contributed by atoms with van der Waals surface area (Å²) in [6.07, 6.45) is 12.6. The predicted molar refractivity (Wildman–Crippen MR) is 136 cm³/mol. The Kier molecular flexibility index (Phi) is 5.50. The van der Waals surface area contributed by atoms with Crippen LogP contribution >= 0.6 is 0 Å². The van der Waals surface area contributed by atoms with Gasteiger partial charge in [0.2, 0.25) is 0 Å². The van der Waals surface area contributed by atoms with Gasteiger partial charge in [-0.3, -0.25) is 4.98 Å². The van der Waals surface area contributed by atoms with Gasteiger partial charge in [-0.05, 0) is 65.3 Å². The molecule has 3 nitrogen and oxygen atoms in total. The molecule has 0 atom stereocenters. The first kappa shape index (κ1) is 21.2. The van der Waals surface area contributed by atoms with E-state index in [9.17, 15) is 8.78 Å². The number of pyridine rings is 1. The lowest BCUT2D eigenvalue weighted by molar-refractivity contribution is 0.500. The summed E-state index contributed by atoms with van der Waals surface area (Å²) in [5, 5.41) is 3.26. The fourth-order valence-electron chi connectivity index (χ4n) is 5.28. The highest BCUT2D eigenvalue weighted by Gasteiger charge is 2.22. The Morgan fingerprint density at radius 3 is 2.74 bits per heavy atom. The number of halogens is 2. The van der Waals surface area contributed by atoms with Crippen molar-refractivity contribution in [1.82, 2.24) is 10.3 Å². The molecule has 174 valence electrons. The Balaban J connectivity index is 0.00000253. The number of rotatable bonds is 3. The van der Waals surface area contributed by atoms with Crippen molar-refractivity contribution in [2.45, 2.75) is 25.7 Å². The monoisotopic (exact) mass is 457 g/mol. The van der Waals surface area contributed by atoms with Crippen LogP contribution < -0.4 is 10.2 Å². The summed E-state index contributed by atoms with van der Waals surface area (Å²) in [4.78, 5) is 6.62. The molecule has 2 heterocycles. The molecular weight excluding hydrogens is 428 g/mol. The molecule has 3 aliphatic rings. The number of hydrogen-bond donors (Lipinski definition) is 1. The second kappa shape index (κ2) is 8.80. The lowest BCUT2D eigenvalue weighted by Crippen LogP contribution is -2.44. The number of nitrogens with one attached hydrogen (secondary N) is 1. The van der Waals surface area contributed by atoms with Gasteiger partial charge in [-0.15, -0.1) is 0 Å². The molecule has 5 heteroatoms. The van der Waals surface area contributed by atoms with Gasteiger partial charge in [-0.25, -0.2) is 8.78 Å². The van der Waals surface area contributed by atoms with Gasteiger partial charge in [-0.1, -0.05) is 36.4 Å². The Morgan fingerprint density at radius 2 is 1.85 bits per heavy atom.